The summed E-state index contributed by atoms with van der Waals surface area (Å²) in [6.45, 7) is 6.60. The molecule has 2 unspecified atom stereocenters. The van der Waals surface area contributed by atoms with Crippen LogP contribution in [0.4, 0.5) is 0 Å². The second-order valence-electron chi connectivity index (χ2n) is 13.6. The molecule has 0 radical (unpaired) electrons. The lowest BCUT2D eigenvalue weighted by Crippen LogP contribution is -2.29. The highest BCUT2D eigenvalue weighted by Gasteiger charge is 2.30. The van der Waals surface area contributed by atoms with Gasteiger partial charge in [0.25, 0.3) is 0 Å². The van der Waals surface area contributed by atoms with E-state index in [2.05, 4.69) is 45.1 Å². The van der Waals surface area contributed by atoms with Crippen molar-refractivity contribution >= 4 is 17.5 Å². The molecule has 0 aromatic carbocycles. The third-order valence-corrected chi connectivity index (χ3v) is 9.03. The summed E-state index contributed by atoms with van der Waals surface area (Å²) in [6, 6.07) is 0. The van der Waals surface area contributed by atoms with Crippen LogP contribution in [0, 0.1) is 11.8 Å². The van der Waals surface area contributed by atoms with Gasteiger partial charge < -0.3 is 4.74 Å². The smallest absolute Gasteiger partial charge is 0.316 e. The quantitative estimate of drug-likeness (QED) is 0.0307. The highest BCUT2D eigenvalue weighted by atomic mass is 16.5. The zero-order chi connectivity index (χ0) is 33.2. The number of ether oxygens (including phenoxy) is 1. The van der Waals surface area contributed by atoms with Crippen LogP contribution in [0.5, 0.6) is 0 Å². The largest absolute Gasteiger partial charge is 0.468 e. The Labute approximate surface area is 280 Å². The minimum Gasteiger partial charge on any atom is -0.468 e. The molecule has 0 fully saturated rings. The Bertz CT molecular complexity index is 753. The number of ketones is 2. The molecule has 4 nitrogen and oxygen atoms in total. The molecule has 45 heavy (non-hydrogen) atoms. The van der Waals surface area contributed by atoms with Gasteiger partial charge in [-0.25, -0.2) is 0 Å². The lowest BCUT2D eigenvalue weighted by Gasteiger charge is -2.16. The molecule has 0 heterocycles. The molecule has 0 aliphatic rings. The summed E-state index contributed by atoms with van der Waals surface area (Å²) < 4.78 is 4.91. The molecule has 0 aromatic heterocycles. The van der Waals surface area contributed by atoms with E-state index in [1.807, 2.05) is 0 Å². The Hall–Kier alpha value is -1.71. The van der Waals surface area contributed by atoms with E-state index < -0.39 is 11.9 Å². The van der Waals surface area contributed by atoms with Crippen LogP contribution < -0.4 is 0 Å². The zero-order valence-electron chi connectivity index (χ0n) is 30.4. The van der Waals surface area contributed by atoms with Gasteiger partial charge in [0.2, 0.25) is 0 Å². The second kappa shape index (κ2) is 33.6. The lowest BCUT2D eigenvalue weighted by molar-refractivity contribution is -0.151. The van der Waals surface area contributed by atoms with Gasteiger partial charge in [-0.05, 0) is 63.7 Å². The van der Waals surface area contributed by atoms with E-state index in [0.29, 0.717) is 12.8 Å². The van der Waals surface area contributed by atoms with Gasteiger partial charge in [0, 0.05) is 19.3 Å². The van der Waals surface area contributed by atoms with Crippen molar-refractivity contribution in [3.05, 3.63) is 24.3 Å². The highest BCUT2D eigenvalue weighted by Crippen LogP contribution is 2.21. The van der Waals surface area contributed by atoms with Crippen LogP contribution in [-0.4, -0.2) is 24.6 Å². The average Bonchev–Trinajstić information content (AvgIpc) is 3.03. The molecule has 0 bridgehead atoms. The van der Waals surface area contributed by atoms with Crippen LogP contribution >= 0.6 is 0 Å². The van der Waals surface area contributed by atoms with Crippen LogP contribution in [0.2, 0.25) is 0 Å². The van der Waals surface area contributed by atoms with Crippen LogP contribution in [0.25, 0.3) is 0 Å². The molecule has 0 amide bonds. The number of carbonyl (C=O) groups is 3. The molecule has 0 rings (SSSR count). The van der Waals surface area contributed by atoms with Crippen LogP contribution in [0.1, 0.15) is 201 Å². The van der Waals surface area contributed by atoms with Gasteiger partial charge in [-0.1, -0.05) is 148 Å². The third-order valence-electron chi connectivity index (χ3n) is 9.03. The molecular weight excluding hydrogens is 556 g/mol. The molecule has 2 atom stereocenters. The van der Waals surface area contributed by atoms with Crippen LogP contribution in [0.15, 0.2) is 24.3 Å². The molecule has 0 saturated carbocycles. The molecule has 0 saturated heterocycles. The van der Waals surface area contributed by atoms with Gasteiger partial charge in [0.05, 0.1) is 7.11 Å². The van der Waals surface area contributed by atoms with Crippen molar-refractivity contribution in [1.29, 1.82) is 0 Å². The summed E-state index contributed by atoms with van der Waals surface area (Å²) in [6.07, 6.45) is 40.8. The van der Waals surface area contributed by atoms with Crippen molar-refractivity contribution in [1.82, 2.24) is 0 Å². The number of hydrogen-bond donors (Lipinski definition) is 0. The van der Waals surface area contributed by atoms with Crippen LogP contribution in [-0.2, 0) is 19.1 Å². The third kappa shape index (κ3) is 29.4. The number of methoxy groups -OCH3 is 1. The van der Waals surface area contributed by atoms with Crippen molar-refractivity contribution in [3.63, 3.8) is 0 Å². The number of Topliss-reactive ketones (excluding diaryl/α,β-unsaturated/α-hetero) is 2. The SMILES string of the molecule is CCCCCCCC/C=C\CCCCCCCC(=O)CC(C(=O)CC(C)CCCCC/C=C\CCCCCCCC)C(=O)OC. The number of carbonyl (C=O) groups excluding carboxylic acids is 3. The van der Waals surface area contributed by atoms with Gasteiger partial charge in [0.1, 0.15) is 17.5 Å². The Balaban J connectivity index is 3.98. The Morgan fingerprint density at radius 2 is 0.933 bits per heavy atom. The Kier molecular flexibility index (Phi) is 32.4. The maximum Gasteiger partial charge on any atom is 0.316 e. The summed E-state index contributed by atoms with van der Waals surface area (Å²) in [5.41, 5.74) is 0. The predicted molar refractivity (Wildman–Crippen MR) is 194 cm³/mol. The first-order valence-corrected chi connectivity index (χ1v) is 19.4. The van der Waals surface area contributed by atoms with Gasteiger partial charge in [-0.3, -0.25) is 14.4 Å². The molecule has 262 valence electrons. The first kappa shape index (κ1) is 43.3. The lowest BCUT2D eigenvalue weighted by atomic mass is 9.88. The first-order chi connectivity index (χ1) is 22.0. The molecular formula is C41H74O4. The number of hydrogen-bond acceptors (Lipinski definition) is 4. The second-order valence-corrected chi connectivity index (χ2v) is 13.6. The van der Waals surface area contributed by atoms with Crippen molar-refractivity contribution < 1.29 is 19.1 Å². The fraction of sp³-hybridized carbons (Fsp3) is 0.829. The minimum absolute atomic E-state index is 0.00724. The fourth-order valence-electron chi connectivity index (χ4n) is 5.99. The van der Waals surface area contributed by atoms with Crippen molar-refractivity contribution in [2.24, 2.45) is 11.8 Å². The maximum atomic E-state index is 13.0. The number of unbranched alkanes of at least 4 members (excludes halogenated alkanes) is 20. The fourth-order valence-corrected chi connectivity index (χ4v) is 5.99. The van der Waals surface area contributed by atoms with E-state index in [1.165, 1.54) is 116 Å². The summed E-state index contributed by atoms with van der Waals surface area (Å²) in [7, 11) is 1.31. The number of allylic oxidation sites excluding steroid dienone is 4. The highest BCUT2D eigenvalue weighted by molar-refractivity contribution is 6.02. The van der Waals surface area contributed by atoms with E-state index >= 15 is 0 Å². The summed E-state index contributed by atoms with van der Waals surface area (Å²) >= 11 is 0. The number of esters is 1. The van der Waals surface area contributed by atoms with E-state index in [4.69, 9.17) is 4.74 Å². The van der Waals surface area contributed by atoms with E-state index in [0.717, 1.165) is 51.4 Å². The summed E-state index contributed by atoms with van der Waals surface area (Å²) in [5, 5.41) is 0. The Morgan fingerprint density at radius 1 is 0.533 bits per heavy atom. The van der Waals surface area contributed by atoms with Gasteiger partial charge >= 0.3 is 5.97 Å². The minimum atomic E-state index is -0.940. The van der Waals surface area contributed by atoms with Crippen molar-refractivity contribution in [2.45, 2.75) is 201 Å². The summed E-state index contributed by atoms with van der Waals surface area (Å²) in [4.78, 5) is 38.0. The van der Waals surface area contributed by atoms with Crippen molar-refractivity contribution in [3.8, 4) is 0 Å². The summed E-state index contributed by atoms with van der Waals surface area (Å²) in [5.74, 6) is -1.41. The van der Waals surface area contributed by atoms with Gasteiger partial charge in [0.15, 0.2) is 0 Å². The van der Waals surface area contributed by atoms with Gasteiger partial charge in [-0.15, -0.1) is 0 Å². The molecule has 0 aliphatic heterocycles. The monoisotopic (exact) mass is 631 g/mol. The molecule has 0 aromatic rings. The van der Waals surface area contributed by atoms with Crippen LogP contribution in [0.3, 0.4) is 0 Å². The first-order valence-electron chi connectivity index (χ1n) is 19.4. The molecule has 4 heteroatoms. The van der Waals surface area contributed by atoms with E-state index in [9.17, 15) is 14.4 Å². The maximum absolute atomic E-state index is 13.0. The van der Waals surface area contributed by atoms with E-state index in [-0.39, 0.29) is 23.9 Å². The van der Waals surface area contributed by atoms with Crippen molar-refractivity contribution in [2.75, 3.05) is 7.11 Å². The molecule has 0 N–H and O–H groups in total. The Morgan fingerprint density at radius 3 is 1.38 bits per heavy atom. The zero-order valence-corrected chi connectivity index (χ0v) is 30.4. The van der Waals surface area contributed by atoms with Gasteiger partial charge in [-0.2, -0.15) is 0 Å². The average molecular weight is 631 g/mol. The standard InChI is InChI=1S/C41H74O4/c1-5-7-9-11-13-15-17-19-20-22-24-26-28-30-32-34-38(42)36-39(41(44)45-4)40(43)35-37(3)33-31-29-27-25-23-21-18-16-14-12-10-8-6-2/h19-21,23,37,39H,5-18,22,24-36H2,1-4H3/b20-19-,23-21-. The molecule has 0 aliphatic carbocycles. The number of rotatable bonds is 34. The predicted octanol–water partition coefficient (Wildman–Crippen LogP) is 12.6. The van der Waals surface area contributed by atoms with E-state index in [1.54, 1.807) is 0 Å². The topological polar surface area (TPSA) is 60.4 Å². The normalized spacial score (nSPS) is 13.1. The molecule has 0 spiro atoms.